The van der Waals surface area contributed by atoms with Crippen LogP contribution in [0.4, 0.5) is 4.39 Å². The molecule has 1 aromatic heterocycles. The van der Waals surface area contributed by atoms with Gasteiger partial charge in [0.15, 0.2) is 6.61 Å². The molecule has 0 saturated carbocycles. The van der Waals surface area contributed by atoms with E-state index in [0.717, 1.165) is 0 Å². The van der Waals surface area contributed by atoms with E-state index in [1.807, 2.05) is 0 Å². The zero-order valence-corrected chi connectivity index (χ0v) is 13.5. The average Bonchev–Trinajstić information content (AvgIpc) is 2.97. The van der Waals surface area contributed by atoms with Crippen LogP contribution >= 0.6 is 23.2 Å². The molecule has 4 nitrogen and oxygen atoms in total. The van der Waals surface area contributed by atoms with Gasteiger partial charge in [-0.15, -0.1) is 0 Å². The van der Waals surface area contributed by atoms with Crippen molar-refractivity contribution in [1.29, 1.82) is 0 Å². The van der Waals surface area contributed by atoms with Crippen molar-refractivity contribution in [3.8, 4) is 17.2 Å². The highest BCUT2D eigenvalue weighted by Gasteiger charge is 2.13. The first kappa shape index (κ1) is 15.8. The second-order valence-corrected chi connectivity index (χ2v) is 5.68. The van der Waals surface area contributed by atoms with E-state index < -0.39 is 0 Å². The van der Waals surface area contributed by atoms with Crippen molar-refractivity contribution < 1.29 is 13.7 Å². The van der Waals surface area contributed by atoms with Crippen molar-refractivity contribution in [2.75, 3.05) is 0 Å². The monoisotopic (exact) mass is 352 g/mol. The Labute approximate surface area is 141 Å². The zero-order chi connectivity index (χ0) is 16.4. The third-order valence-corrected chi connectivity index (χ3v) is 3.67. The molecule has 0 aliphatic heterocycles. The minimum Gasteiger partial charge on any atom is -0.485 e. The molecule has 0 atom stereocenters. The molecular formula is C16H11Cl2FN2O2. The summed E-state index contributed by atoms with van der Waals surface area (Å²) < 4.78 is 23.9. The molecule has 0 saturated heterocycles. The molecule has 0 amide bonds. The van der Waals surface area contributed by atoms with Crippen molar-refractivity contribution in [3.05, 3.63) is 63.6 Å². The lowest BCUT2D eigenvalue weighted by Gasteiger charge is -2.04. The summed E-state index contributed by atoms with van der Waals surface area (Å²) in [6.45, 7) is 1.76. The quantitative estimate of drug-likeness (QED) is 0.657. The largest absolute Gasteiger partial charge is 0.485 e. The van der Waals surface area contributed by atoms with Crippen LogP contribution in [0, 0.1) is 12.7 Å². The van der Waals surface area contributed by atoms with Gasteiger partial charge in [0.2, 0.25) is 5.82 Å². The molecule has 0 N–H and O–H groups in total. The van der Waals surface area contributed by atoms with Gasteiger partial charge < -0.3 is 9.26 Å². The molecular weight excluding hydrogens is 342 g/mol. The van der Waals surface area contributed by atoms with Gasteiger partial charge in [0, 0.05) is 5.02 Å². The predicted molar refractivity (Wildman–Crippen MR) is 85.2 cm³/mol. The summed E-state index contributed by atoms with van der Waals surface area (Å²) in [7, 11) is 0. The van der Waals surface area contributed by atoms with E-state index in [2.05, 4.69) is 10.1 Å². The van der Waals surface area contributed by atoms with Crippen molar-refractivity contribution in [1.82, 2.24) is 10.1 Å². The Kier molecular flexibility index (Phi) is 4.50. The van der Waals surface area contributed by atoms with Crippen LogP contribution in [0.2, 0.25) is 10.0 Å². The van der Waals surface area contributed by atoms with Crippen molar-refractivity contribution in [3.63, 3.8) is 0 Å². The van der Waals surface area contributed by atoms with Crippen molar-refractivity contribution in [2.24, 2.45) is 0 Å². The Morgan fingerprint density at radius 2 is 2.00 bits per heavy atom. The van der Waals surface area contributed by atoms with Gasteiger partial charge in [-0.05, 0) is 48.9 Å². The van der Waals surface area contributed by atoms with Crippen LogP contribution in [0.15, 0.2) is 40.9 Å². The maximum atomic E-state index is 13.2. The molecule has 0 radical (unpaired) electrons. The number of aromatic nitrogens is 2. The highest BCUT2D eigenvalue weighted by Crippen LogP contribution is 2.29. The zero-order valence-electron chi connectivity index (χ0n) is 12.0. The first-order chi connectivity index (χ1) is 11.0. The molecule has 1 heterocycles. The predicted octanol–water partition coefficient (Wildman–Crippen LogP) is 5.07. The Morgan fingerprint density at radius 1 is 1.17 bits per heavy atom. The van der Waals surface area contributed by atoms with E-state index in [0.29, 0.717) is 32.7 Å². The van der Waals surface area contributed by atoms with E-state index in [4.69, 9.17) is 32.5 Å². The molecule has 2 aromatic carbocycles. The third kappa shape index (κ3) is 3.63. The van der Waals surface area contributed by atoms with E-state index in [1.54, 1.807) is 37.3 Å². The van der Waals surface area contributed by atoms with E-state index in [9.17, 15) is 4.39 Å². The lowest BCUT2D eigenvalue weighted by atomic mass is 10.2. The average molecular weight is 353 g/mol. The van der Waals surface area contributed by atoms with Crippen molar-refractivity contribution >= 4 is 23.2 Å². The molecule has 23 heavy (non-hydrogen) atoms. The molecule has 0 bridgehead atoms. The summed E-state index contributed by atoms with van der Waals surface area (Å²) in [5.74, 6) is 0.880. The normalized spacial score (nSPS) is 10.8. The van der Waals surface area contributed by atoms with Crippen molar-refractivity contribution in [2.45, 2.75) is 13.5 Å². The Balaban J connectivity index is 1.73. The second-order valence-electron chi connectivity index (χ2n) is 4.84. The SMILES string of the molecule is Cc1cc(OCc2noc(-c3ccc(Cl)cc3Cl)n2)ccc1F. The van der Waals surface area contributed by atoms with Gasteiger partial charge in [0.1, 0.15) is 11.6 Å². The molecule has 0 fully saturated rings. The fourth-order valence-electron chi connectivity index (χ4n) is 1.94. The minimum absolute atomic E-state index is 0.0970. The van der Waals surface area contributed by atoms with E-state index >= 15 is 0 Å². The summed E-state index contributed by atoms with van der Waals surface area (Å²) in [6, 6.07) is 9.47. The van der Waals surface area contributed by atoms with Gasteiger partial charge in [-0.1, -0.05) is 28.4 Å². The standard InChI is InChI=1S/C16H11Cl2FN2O2/c1-9-6-11(3-5-14(9)19)22-8-15-20-16(23-21-15)12-4-2-10(17)7-13(12)18/h2-7H,8H2,1H3. The summed E-state index contributed by atoms with van der Waals surface area (Å²) in [4.78, 5) is 4.22. The summed E-state index contributed by atoms with van der Waals surface area (Å²) in [5.41, 5.74) is 1.09. The smallest absolute Gasteiger partial charge is 0.259 e. The lowest BCUT2D eigenvalue weighted by Crippen LogP contribution is -1.98. The number of benzene rings is 2. The van der Waals surface area contributed by atoms with Gasteiger partial charge in [0.05, 0.1) is 10.6 Å². The Bertz CT molecular complexity index is 852. The molecule has 3 aromatic rings. The Morgan fingerprint density at radius 3 is 2.74 bits per heavy atom. The molecule has 7 heteroatoms. The fourth-order valence-corrected chi connectivity index (χ4v) is 2.43. The van der Waals surface area contributed by atoms with Crippen LogP contribution in [0.1, 0.15) is 11.4 Å². The van der Waals surface area contributed by atoms with Gasteiger partial charge in [0.25, 0.3) is 5.89 Å². The molecule has 0 spiro atoms. The number of ether oxygens (including phenoxy) is 1. The summed E-state index contributed by atoms with van der Waals surface area (Å²) >= 11 is 12.0. The first-order valence-electron chi connectivity index (χ1n) is 6.70. The molecule has 0 aliphatic carbocycles. The van der Waals surface area contributed by atoms with E-state index in [1.165, 1.54) is 6.07 Å². The molecule has 0 unspecified atom stereocenters. The molecule has 3 rings (SSSR count). The highest BCUT2D eigenvalue weighted by atomic mass is 35.5. The number of rotatable bonds is 4. The number of nitrogens with zero attached hydrogens (tertiary/aromatic N) is 2. The van der Waals surface area contributed by atoms with Gasteiger partial charge in [-0.3, -0.25) is 0 Å². The summed E-state index contributed by atoms with van der Waals surface area (Å²) in [6.07, 6.45) is 0. The lowest BCUT2D eigenvalue weighted by molar-refractivity contribution is 0.286. The van der Waals surface area contributed by atoms with Crippen LogP contribution in [0.3, 0.4) is 0 Å². The topological polar surface area (TPSA) is 48.2 Å². The van der Waals surface area contributed by atoms with E-state index in [-0.39, 0.29) is 18.3 Å². The fraction of sp³-hybridized carbons (Fsp3) is 0.125. The van der Waals surface area contributed by atoms with Crippen LogP contribution < -0.4 is 4.74 Å². The number of hydrogen-bond acceptors (Lipinski definition) is 4. The maximum absolute atomic E-state index is 13.2. The summed E-state index contributed by atoms with van der Waals surface area (Å²) in [5, 5.41) is 4.78. The van der Waals surface area contributed by atoms with Gasteiger partial charge >= 0.3 is 0 Å². The van der Waals surface area contributed by atoms with Crippen LogP contribution in [-0.2, 0) is 6.61 Å². The Hall–Kier alpha value is -2.11. The molecule has 118 valence electrons. The first-order valence-corrected chi connectivity index (χ1v) is 7.45. The van der Waals surface area contributed by atoms with Gasteiger partial charge in [-0.25, -0.2) is 4.39 Å². The van der Waals surface area contributed by atoms with Crippen LogP contribution in [-0.4, -0.2) is 10.1 Å². The second kappa shape index (κ2) is 6.56. The van der Waals surface area contributed by atoms with Crippen LogP contribution in [0.5, 0.6) is 5.75 Å². The van der Waals surface area contributed by atoms with Crippen LogP contribution in [0.25, 0.3) is 11.5 Å². The van der Waals surface area contributed by atoms with Gasteiger partial charge in [-0.2, -0.15) is 4.98 Å². The highest BCUT2D eigenvalue weighted by molar-refractivity contribution is 6.36. The maximum Gasteiger partial charge on any atom is 0.259 e. The minimum atomic E-state index is -0.281. The number of aryl methyl sites for hydroxylation is 1. The number of halogens is 3. The number of hydrogen-bond donors (Lipinski definition) is 0. The molecule has 0 aliphatic rings. The third-order valence-electron chi connectivity index (χ3n) is 3.13.